The van der Waals surface area contributed by atoms with Crippen LogP contribution in [0.5, 0.6) is 0 Å². The molecule has 2 rings (SSSR count). The number of primary amides is 2. The molecule has 2 heterocycles. The summed E-state index contributed by atoms with van der Waals surface area (Å²) in [6.45, 7) is 3.14. The van der Waals surface area contributed by atoms with Gasteiger partial charge in [0.05, 0.1) is 0 Å². The average Bonchev–Trinajstić information content (AvgIpc) is 2.97. The van der Waals surface area contributed by atoms with E-state index in [0.29, 0.717) is 24.2 Å². The number of hydrogen-bond donors (Lipinski definition) is 4. The number of H-pyrrole nitrogens is 1. The number of carbonyl (C=O) groups is 2. The molecule has 0 radical (unpaired) electrons. The minimum absolute atomic E-state index is 0.00548. The highest BCUT2D eigenvalue weighted by molar-refractivity contribution is 6.03. The first-order valence-electron chi connectivity index (χ1n) is 6.41. The summed E-state index contributed by atoms with van der Waals surface area (Å²) in [6.07, 6.45) is 2.95. The summed E-state index contributed by atoms with van der Waals surface area (Å²) in [6, 6.07) is 0.444. The molecule has 0 saturated carbocycles. The Morgan fingerprint density at radius 1 is 1.42 bits per heavy atom. The highest BCUT2D eigenvalue weighted by atomic mass is 16.2. The van der Waals surface area contributed by atoms with Gasteiger partial charge in [0.25, 0.3) is 11.8 Å². The first kappa shape index (κ1) is 13.5. The van der Waals surface area contributed by atoms with Crippen LogP contribution >= 0.6 is 0 Å². The maximum Gasteiger partial charge on any atom is 0.269 e. The largest absolute Gasteiger partial charge is 0.364 e. The molecule has 1 aliphatic rings. The van der Waals surface area contributed by atoms with Gasteiger partial charge in [-0.2, -0.15) is 0 Å². The summed E-state index contributed by atoms with van der Waals surface area (Å²) >= 11 is 0. The van der Waals surface area contributed by atoms with Crippen LogP contribution in [0, 0.1) is 5.92 Å². The number of aromatic nitrogens is 2. The number of hydrogen-bond acceptors (Lipinski definition) is 4. The minimum atomic E-state index is -0.747. The summed E-state index contributed by atoms with van der Waals surface area (Å²) in [5, 5.41) is 3.42. The van der Waals surface area contributed by atoms with Crippen molar-refractivity contribution in [2.45, 2.75) is 32.2 Å². The molecule has 104 valence electrons. The summed E-state index contributed by atoms with van der Waals surface area (Å²) < 4.78 is 0. The van der Waals surface area contributed by atoms with Crippen molar-refractivity contribution in [1.82, 2.24) is 15.3 Å². The van der Waals surface area contributed by atoms with Crippen LogP contribution in [0.15, 0.2) is 0 Å². The van der Waals surface area contributed by atoms with Crippen molar-refractivity contribution < 1.29 is 9.59 Å². The van der Waals surface area contributed by atoms with Gasteiger partial charge in [0.1, 0.15) is 11.5 Å². The first-order chi connectivity index (χ1) is 8.99. The summed E-state index contributed by atoms with van der Waals surface area (Å²) in [5.41, 5.74) is 10.3. The van der Waals surface area contributed by atoms with Crippen LogP contribution in [-0.2, 0) is 6.42 Å². The Morgan fingerprint density at radius 2 is 2.16 bits per heavy atom. The van der Waals surface area contributed by atoms with Crippen molar-refractivity contribution >= 4 is 11.8 Å². The molecule has 1 aromatic rings. The number of rotatable bonds is 5. The maximum absolute atomic E-state index is 11.2. The van der Waals surface area contributed by atoms with Crippen LogP contribution in [0.1, 0.15) is 46.6 Å². The number of aromatic amines is 1. The number of nitrogens with one attached hydrogen (secondary N) is 2. The van der Waals surface area contributed by atoms with Gasteiger partial charge in [-0.15, -0.1) is 0 Å². The van der Waals surface area contributed by atoms with Crippen molar-refractivity contribution in [3.63, 3.8) is 0 Å². The average molecular weight is 265 g/mol. The standard InChI is InChI=1S/C12H19N5O2/c1-6(7-3-2-4-15-7)5-8-16-9(11(13)18)10(17-8)12(14)19/h6-7,15H,2-5H2,1H3,(H2,13,18)(H2,14,19)(H,16,17). The van der Waals surface area contributed by atoms with Gasteiger partial charge >= 0.3 is 0 Å². The lowest BCUT2D eigenvalue weighted by atomic mass is 9.97. The molecule has 2 amide bonds. The second kappa shape index (κ2) is 5.40. The smallest absolute Gasteiger partial charge is 0.269 e. The number of carbonyl (C=O) groups excluding carboxylic acids is 2. The quantitative estimate of drug-likeness (QED) is 0.574. The predicted octanol–water partition coefficient (Wildman–Crippen LogP) is -0.462. The monoisotopic (exact) mass is 265 g/mol. The molecule has 1 aromatic heterocycles. The van der Waals surface area contributed by atoms with E-state index in [-0.39, 0.29) is 11.4 Å². The Bertz CT molecular complexity index is 459. The van der Waals surface area contributed by atoms with E-state index >= 15 is 0 Å². The Balaban J connectivity index is 2.14. The van der Waals surface area contributed by atoms with Gasteiger partial charge in [0, 0.05) is 12.5 Å². The molecule has 2 unspecified atom stereocenters. The molecule has 0 spiro atoms. The Labute approximate surface area is 111 Å². The molecular formula is C12H19N5O2. The number of imidazole rings is 1. The fraction of sp³-hybridized carbons (Fsp3) is 0.583. The fourth-order valence-corrected chi connectivity index (χ4v) is 2.52. The normalized spacial score (nSPS) is 20.4. The van der Waals surface area contributed by atoms with E-state index in [1.165, 1.54) is 6.42 Å². The van der Waals surface area contributed by atoms with Crippen molar-refractivity contribution in [2.24, 2.45) is 17.4 Å². The third-order valence-corrected chi connectivity index (χ3v) is 3.53. The van der Waals surface area contributed by atoms with Crippen LogP contribution in [-0.4, -0.2) is 34.4 Å². The van der Waals surface area contributed by atoms with Gasteiger partial charge < -0.3 is 21.8 Å². The van der Waals surface area contributed by atoms with Crippen LogP contribution in [0.2, 0.25) is 0 Å². The van der Waals surface area contributed by atoms with Crippen molar-refractivity contribution in [1.29, 1.82) is 0 Å². The van der Waals surface area contributed by atoms with Gasteiger partial charge in [0.15, 0.2) is 5.69 Å². The molecule has 6 N–H and O–H groups in total. The van der Waals surface area contributed by atoms with Crippen LogP contribution in [0.4, 0.5) is 0 Å². The second-order valence-corrected chi connectivity index (χ2v) is 5.02. The zero-order valence-corrected chi connectivity index (χ0v) is 10.9. The molecule has 0 bridgehead atoms. The number of amides is 2. The summed E-state index contributed by atoms with van der Waals surface area (Å²) in [4.78, 5) is 29.3. The Hall–Kier alpha value is -1.89. The molecule has 0 aliphatic carbocycles. The van der Waals surface area contributed by atoms with Crippen molar-refractivity contribution in [3.8, 4) is 0 Å². The van der Waals surface area contributed by atoms with Gasteiger partial charge in [-0.25, -0.2) is 4.98 Å². The molecule has 7 heteroatoms. The molecule has 7 nitrogen and oxygen atoms in total. The van der Waals surface area contributed by atoms with Crippen molar-refractivity contribution in [2.75, 3.05) is 6.54 Å². The molecule has 1 fully saturated rings. The number of nitrogens with zero attached hydrogens (tertiary/aromatic N) is 1. The van der Waals surface area contributed by atoms with E-state index in [1.54, 1.807) is 0 Å². The van der Waals surface area contributed by atoms with E-state index in [9.17, 15) is 9.59 Å². The van der Waals surface area contributed by atoms with Gasteiger partial charge in [0.2, 0.25) is 0 Å². The zero-order valence-electron chi connectivity index (χ0n) is 10.9. The fourth-order valence-electron chi connectivity index (χ4n) is 2.52. The van der Waals surface area contributed by atoms with E-state index in [0.717, 1.165) is 13.0 Å². The third kappa shape index (κ3) is 2.93. The van der Waals surface area contributed by atoms with Gasteiger partial charge in [-0.1, -0.05) is 6.92 Å². The lowest BCUT2D eigenvalue weighted by molar-refractivity contribution is 0.0962. The Kier molecular flexibility index (Phi) is 3.84. The van der Waals surface area contributed by atoms with E-state index in [1.807, 2.05) is 0 Å². The molecular weight excluding hydrogens is 246 g/mol. The molecule has 1 saturated heterocycles. The molecule has 2 atom stereocenters. The van der Waals surface area contributed by atoms with E-state index in [2.05, 4.69) is 22.2 Å². The predicted molar refractivity (Wildman–Crippen MR) is 69.5 cm³/mol. The topological polar surface area (TPSA) is 127 Å². The maximum atomic E-state index is 11.2. The van der Waals surface area contributed by atoms with Crippen molar-refractivity contribution in [3.05, 3.63) is 17.2 Å². The number of nitrogens with two attached hydrogens (primary N) is 2. The zero-order chi connectivity index (χ0) is 14.0. The van der Waals surface area contributed by atoms with Crippen LogP contribution in [0.25, 0.3) is 0 Å². The van der Waals surface area contributed by atoms with Crippen LogP contribution < -0.4 is 16.8 Å². The van der Waals surface area contributed by atoms with Gasteiger partial charge in [-0.05, 0) is 25.3 Å². The summed E-state index contributed by atoms with van der Waals surface area (Å²) in [5.74, 6) is -0.541. The highest BCUT2D eigenvalue weighted by Gasteiger charge is 2.24. The summed E-state index contributed by atoms with van der Waals surface area (Å²) in [7, 11) is 0. The van der Waals surface area contributed by atoms with Crippen LogP contribution in [0.3, 0.4) is 0 Å². The second-order valence-electron chi connectivity index (χ2n) is 5.02. The minimum Gasteiger partial charge on any atom is -0.364 e. The van der Waals surface area contributed by atoms with E-state index < -0.39 is 11.8 Å². The lowest BCUT2D eigenvalue weighted by Crippen LogP contribution is -2.30. The lowest BCUT2D eigenvalue weighted by Gasteiger charge is -2.17. The highest BCUT2D eigenvalue weighted by Crippen LogP contribution is 2.18. The molecule has 1 aliphatic heterocycles. The van der Waals surface area contributed by atoms with E-state index in [4.69, 9.17) is 11.5 Å². The molecule has 19 heavy (non-hydrogen) atoms. The van der Waals surface area contributed by atoms with Gasteiger partial charge in [-0.3, -0.25) is 9.59 Å². The third-order valence-electron chi connectivity index (χ3n) is 3.53. The first-order valence-corrected chi connectivity index (χ1v) is 6.41. The molecule has 0 aromatic carbocycles. The SMILES string of the molecule is CC(Cc1nc(C(N)=O)c(C(N)=O)[nH]1)C1CCCN1. The Morgan fingerprint density at radius 3 is 2.63 bits per heavy atom.